The molecule has 1 saturated heterocycles. The highest BCUT2D eigenvalue weighted by Gasteiger charge is 2.29. The highest BCUT2D eigenvalue weighted by molar-refractivity contribution is 5.94. The van der Waals surface area contributed by atoms with E-state index in [1.807, 2.05) is 44.1 Å². The molecule has 3 aromatic rings. The Morgan fingerprint density at radius 3 is 2.79 bits per heavy atom. The van der Waals surface area contributed by atoms with Crippen molar-refractivity contribution in [1.29, 1.82) is 0 Å². The van der Waals surface area contributed by atoms with E-state index < -0.39 is 0 Å². The van der Waals surface area contributed by atoms with Gasteiger partial charge in [-0.15, -0.1) is 10.2 Å². The first kappa shape index (κ1) is 18.3. The summed E-state index contributed by atoms with van der Waals surface area (Å²) >= 11 is 0. The summed E-state index contributed by atoms with van der Waals surface area (Å²) in [5.41, 5.74) is 1.55. The fourth-order valence-electron chi connectivity index (χ4n) is 3.74. The Hall–Kier alpha value is -3.03. The van der Waals surface area contributed by atoms with Crippen LogP contribution in [-0.4, -0.2) is 53.2 Å². The molecule has 8 nitrogen and oxygen atoms in total. The Bertz CT molecular complexity index is 973. The Morgan fingerprint density at radius 1 is 1.21 bits per heavy atom. The van der Waals surface area contributed by atoms with Gasteiger partial charge >= 0.3 is 0 Å². The summed E-state index contributed by atoms with van der Waals surface area (Å²) in [7, 11) is 2.00. The maximum absolute atomic E-state index is 12.9. The lowest BCUT2D eigenvalue weighted by Crippen LogP contribution is -2.39. The largest absolute Gasteiger partial charge is 0.338 e. The Balaban J connectivity index is 1.49. The van der Waals surface area contributed by atoms with Gasteiger partial charge in [-0.2, -0.15) is 0 Å². The number of amides is 1. The molecule has 146 valence electrons. The zero-order valence-corrected chi connectivity index (χ0v) is 16.5. The van der Waals surface area contributed by atoms with Crippen molar-refractivity contribution in [3.63, 3.8) is 0 Å². The normalized spacial score (nSPS) is 17.1. The molecule has 0 radical (unpaired) electrons. The maximum atomic E-state index is 12.9. The Labute approximate surface area is 164 Å². The van der Waals surface area contributed by atoms with Crippen LogP contribution in [0.5, 0.6) is 0 Å². The van der Waals surface area contributed by atoms with Crippen molar-refractivity contribution in [2.45, 2.75) is 39.2 Å². The summed E-state index contributed by atoms with van der Waals surface area (Å²) in [6.07, 6.45) is 7.36. The molecule has 28 heavy (non-hydrogen) atoms. The molecule has 0 aliphatic carbocycles. The molecule has 1 aliphatic heterocycles. The summed E-state index contributed by atoms with van der Waals surface area (Å²) in [6, 6.07) is 3.73. The van der Waals surface area contributed by atoms with Crippen LogP contribution in [0, 0.1) is 13.8 Å². The molecular formula is C20H25N7O. The average molecular weight is 379 g/mol. The topological polar surface area (TPSA) is 81.7 Å². The van der Waals surface area contributed by atoms with E-state index in [4.69, 9.17) is 0 Å². The van der Waals surface area contributed by atoms with Gasteiger partial charge in [0, 0.05) is 50.3 Å². The van der Waals surface area contributed by atoms with Crippen LogP contribution in [0.4, 0.5) is 0 Å². The standard InChI is InChI=1S/C20H25N7O/c1-14-6-7-16(11-22-14)20(28)27-9-4-5-17(12-27)19-24-23-18(25(19)3)13-26-10-8-21-15(26)2/h6-8,10-11,17H,4-5,9,12-13H2,1-3H3. The summed E-state index contributed by atoms with van der Waals surface area (Å²) in [6.45, 7) is 5.95. The SMILES string of the molecule is Cc1ccc(C(=O)N2CCCC(c3nnc(Cn4ccnc4C)n3C)C2)cn1. The molecule has 0 bridgehead atoms. The molecule has 1 unspecified atom stereocenters. The van der Waals surface area contributed by atoms with E-state index in [1.165, 1.54) is 0 Å². The zero-order chi connectivity index (χ0) is 19.7. The Morgan fingerprint density at radius 2 is 2.07 bits per heavy atom. The third kappa shape index (κ3) is 3.54. The number of hydrogen-bond acceptors (Lipinski definition) is 5. The van der Waals surface area contributed by atoms with Crippen LogP contribution in [0.15, 0.2) is 30.7 Å². The average Bonchev–Trinajstić information content (AvgIpc) is 3.28. The van der Waals surface area contributed by atoms with E-state index in [0.717, 1.165) is 42.6 Å². The molecule has 0 N–H and O–H groups in total. The molecule has 0 aromatic carbocycles. The number of hydrogen-bond donors (Lipinski definition) is 0. The van der Waals surface area contributed by atoms with Gasteiger partial charge in [-0.25, -0.2) is 4.98 Å². The molecule has 1 atom stereocenters. The maximum Gasteiger partial charge on any atom is 0.255 e. The number of likely N-dealkylation sites (tertiary alicyclic amines) is 1. The highest BCUT2D eigenvalue weighted by Crippen LogP contribution is 2.27. The van der Waals surface area contributed by atoms with Crippen LogP contribution in [0.2, 0.25) is 0 Å². The molecule has 4 heterocycles. The van der Waals surface area contributed by atoms with Crippen LogP contribution in [-0.2, 0) is 13.6 Å². The summed E-state index contributed by atoms with van der Waals surface area (Å²) in [5, 5.41) is 8.85. The first-order chi connectivity index (χ1) is 13.5. The van der Waals surface area contributed by atoms with Gasteiger partial charge in [-0.05, 0) is 38.8 Å². The molecule has 1 aliphatic rings. The van der Waals surface area contributed by atoms with Crippen molar-refractivity contribution in [2.24, 2.45) is 7.05 Å². The summed E-state index contributed by atoms with van der Waals surface area (Å²) < 4.78 is 4.11. The van der Waals surface area contributed by atoms with Crippen molar-refractivity contribution in [3.05, 3.63) is 59.5 Å². The molecule has 1 amide bonds. The minimum absolute atomic E-state index is 0.0358. The molecule has 3 aromatic heterocycles. The number of nitrogens with zero attached hydrogens (tertiary/aromatic N) is 7. The van der Waals surface area contributed by atoms with Crippen molar-refractivity contribution < 1.29 is 4.79 Å². The Kier molecular flexibility index (Phi) is 4.93. The van der Waals surface area contributed by atoms with Gasteiger partial charge in [0.15, 0.2) is 5.82 Å². The summed E-state index contributed by atoms with van der Waals surface area (Å²) in [4.78, 5) is 23.3. The third-order valence-electron chi connectivity index (χ3n) is 5.47. The number of aromatic nitrogens is 6. The second-order valence-electron chi connectivity index (χ2n) is 7.41. The third-order valence-corrected chi connectivity index (χ3v) is 5.47. The predicted octanol–water partition coefficient (Wildman–Crippen LogP) is 2.09. The van der Waals surface area contributed by atoms with Crippen molar-refractivity contribution >= 4 is 5.91 Å². The van der Waals surface area contributed by atoms with E-state index in [-0.39, 0.29) is 11.8 Å². The molecule has 4 rings (SSSR count). The van der Waals surface area contributed by atoms with Crippen molar-refractivity contribution in [3.8, 4) is 0 Å². The van der Waals surface area contributed by atoms with Crippen LogP contribution in [0.3, 0.4) is 0 Å². The summed E-state index contributed by atoms with van der Waals surface area (Å²) in [5.74, 6) is 3.00. The monoisotopic (exact) mass is 379 g/mol. The smallest absolute Gasteiger partial charge is 0.255 e. The zero-order valence-electron chi connectivity index (χ0n) is 16.5. The van der Waals surface area contributed by atoms with Crippen LogP contribution in [0.1, 0.15) is 52.3 Å². The van der Waals surface area contributed by atoms with Gasteiger partial charge in [0.1, 0.15) is 11.6 Å². The number of pyridine rings is 1. The van der Waals surface area contributed by atoms with E-state index in [1.54, 1.807) is 12.4 Å². The lowest BCUT2D eigenvalue weighted by molar-refractivity contribution is 0.0703. The van der Waals surface area contributed by atoms with Gasteiger partial charge in [0.05, 0.1) is 12.1 Å². The fraction of sp³-hybridized carbons (Fsp3) is 0.450. The van der Waals surface area contributed by atoms with Gasteiger partial charge in [0.2, 0.25) is 0 Å². The van der Waals surface area contributed by atoms with Gasteiger partial charge in [0.25, 0.3) is 5.91 Å². The lowest BCUT2D eigenvalue weighted by atomic mass is 9.96. The molecule has 0 saturated carbocycles. The number of carbonyl (C=O) groups excluding carboxylic acids is 1. The number of piperidine rings is 1. The van der Waals surface area contributed by atoms with E-state index in [9.17, 15) is 4.79 Å². The van der Waals surface area contributed by atoms with Gasteiger partial charge in [-0.3, -0.25) is 9.78 Å². The van der Waals surface area contributed by atoms with Crippen LogP contribution < -0.4 is 0 Å². The van der Waals surface area contributed by atoms with Crippen LogP contribution >= 0.6 is 0 Å². The second kappa shape index (κ2) is 7.53. The van der Waals surface area contributed by atoms with E-state index >= 15 is 0 Å². The first-order valence-corrected chi connectivity index (χ1v) is 9.60. The first-order valence-electron chi connectivity index (χ1n) is 9.60. The van der Waals surface area contributed by atoms with Crippen molar-refractivity contribution in [1.82, 2.24) is 34.2 Å². The quantitative estimate of drug-likeness (QED) is 0.693. The van der Waals surface area contributed by atoms with Crippen molar-refractivity contribution in [2.75, 3.05) is 13.1 Å². The van der Waals surface area contributed by atoms with E-state index in [0.29, 0.717) is 18.7 Å². The van der Waals surface area contributed by atoms with Gasteiger partial charge in [-0.1, -0.05) is 0 Å². The minimum atomic E-state index is 0.0358. The van der Waals surface area contributed by atoms with Crippen LogP contribution in [0.25, 0.3) is 0 Å². The minimum Gasteiger partial charge on any atom is -0.338 e. The second-order valence-corrected chi connectivity index (χ2v) is 7.41. The fourth-order valence-corrected chi connectivity index (χ4v) is 3.74. The number of carbonyl (C=O) groups is 1. The molecule has 1 fully saturated rings. The molecular weight excluding hydrogens is 354 g/mol. The highest BCUT2D eigenvalue weighted by atomic mass is 16.2. The lowest BCUT2D eigenvalue weighted by Gasteiger charge is -2.32. The number of imidazole rings is 1. The predicted molar refractivity (Wildman–Crippen MR) is 104 cm³/mol. The molecule has 0 spiro atoms. The molecule has 8 heteroatoms. The van der Waals surface area contributed by atoms with Gasteiger partial charge < -0.3 is 14.0 Å². The number of rotatable bonds is 4. The number of aryl methyl sites for hydroxylation is 2. The van der Waals surface area contributed by atoms with E-state index in [2.05, 4.69) is 29.3 Å².